The lowest BCUT2D eigenvalue weighted by molar-refractivity contribution is -0.140. The van der Waals surface area contributed by atoms with Gasteiger partial charge in [0, 0.05) is 18.9 Å². The summed E-state index contributed by atoms with van der Waals surface area (Å²) in [7, 11) is 0. The number of hydrogen-bond acceptors (Lipinski definition) is 3. The monoisotopic (exact) mass is 206 g/mol. The summed E-state index contributed by atoms with van der Waals surface area (Å²) >= 11 is 0. The second-order valence-electron chi connectivity index (χ2n) is 3.38. The number of carbonyl (C=O) groups is 2. The fourth-order valence-electron chi connectivity index (χ4n) is 1.25. The van der Waals surface area contributed by atoms with Crippen LogP contribution in [-0.4, -0.2) is 18.4 Å². The summed E-state index contributed by atoms with van der Waals surface area (Å²) in [6, 6.07) is 7.37. The molecule has 1 rings (SSSR count). The molecule has 0 aliphatic heterocycles. The molecule has 3 nitrogen and oxygen atoms in total. The van der Waals surface area contributed by atoms with Crippen LogP contribution in [-0.2, 0) is 9.53 Å². The standard InChI is InChI=1S/C12H14O3/c1-9-4-3-5-11(8-9)12(14)6-7-15-10(2)13/h3-5,8H,6-7H2,1-2H3. The Balaban J connectivity index is 2.50. The van der Waals surface area contributed by atoms with Gasteiger partial charge in [0.2, 0.25) is 0 Å². The van der Waals surface area contributed by atoms with Crippen LogP contribution < -0.4 is 0 Å². The van der Waals surface area contributed by atoms with Gasteiger partial charge in [0.15, 0.2) is 5.78 Å². The van der Waals surface area contributed by atoms with Crippen molar-refractivity contribution in [1.82, 2.24) is 0 Å². The van der Waals surface area contributed by atoms with E-state index < -0.39 is 0 Å². The van der Waals surface area contributed by atoms with Crippen LogP contribution >= 0.6 is 0 Å². The summed E-state index contributed by atoms with van der Waals surface area (Å²) in [5.74, 6) is -0.355. The number of ketones is 1. The van der Waals surface area contributed by atoms with Crippen molar-refractivity contribution in [3.8, 4) is 0 Å². The van der Waals surface area contributed by atoms with Crippen LogP contribution in [0.4, 0.5) is 0 Å². The highest BCUT2D eigenvalue weighted by atomic mass is 16.5. The van der Waals surface area contributed by atoms with Gasteiger partial charge in [-0.05, 0) is 13.0 Å². The molecule has 0 N–H and O–H groups in total. The molecule has 3 heteroatoms. The largest absolute Gasteiger partial charge is 0.465 e. The van der Waals surface area contributed by atoms with Crippen LogP contribution in [0.15, 0.2) is 24.3 Å². The summed E-state index contributed by atoms with van der Waals surface area (Å²) in [6.07, 6.45) is 0.239. The van der Waals surface area contributed by atoms with Gasteiger partial charge in [-0.25, -0.2) is 0 Å². The van der Waals surface area contributed by atoms with Crippen LogP contribution in [0.2, 0.25) is 0 Å². The minimum absolute atomic E-state index is 0.0000463. The summed E-state index contributed by atoms with van der Waals surface area (Å²) < 4.78 is 4.70. The maximum Gasteiger partial charge on any atom is 0.302 e. The summed E-state index contributed by atoms with van der Waals surface area (Å²) in [5.41, 5.74) is 1.72. The van der Waals surface area contributed by atoms with Gasteiger partial charge in [-0.2, -0.15) is 0 Å². The van der Waals surface area contributed by atoms with E-state index in [1.807, 2.05) is 25.1 Å². The molecule has 1 aromatic rings. The molecule has 80 valence electrons. The van der Waals surface area contributed by atoms with Gasteiger partial charge in [-0.1, -0.05) is 23.8 Å². The number of hydrogen-bond donors (Lipinski definition) is 0. The quantitative estimate of drug-likeness (QED) is 0.560. The molecule has 0 saturated heterocycles. The number of aryl methyl sites for hydroxylation is 1. The third-order valence-corrected chi connectivity index (χ3v) is 1.97. The molecule has 0 aliphatic carbocycles. The van der Waals surface area contributed by atoms with E-state index in [1.165, 1.54) is 6.92 Å². The first-order valence-electron chi connectivity index (χ1n) is 4.83. The molecule has 0 fully saturated rings. The van der Waals surface area contributed by atoms with Gasteiger partial charge in [-0.15, -0.1) is 0 Å². The highest BCUT2D eigenvalue weighted by molar-refractivity contribution is 5.96. The summed E-state index contributed by atoms with van der Waals surface area (Å²) in [6.45, 7) is 3.42. The Bertz CT molecular complexity index is 369. The van der Waals surface area contributed by atoms with E-state index in [1.54, 1.807) is 6.07 Å². The lowest BCUT2D eigenvalue weighted by Gasteiger charge is -2.02. The number of rotatable bonds is 4. The highest BCUT2D eigenvalue weighted by Gasteiger charge is 2.06. The minimum Gasteiger partial charge on any atom is -0.465 e. The van der Waals surface area contributed by atoms with Crippen molar-refractivity contribution >= 4 is 11.8 Å². The molecule has 0 saturated carbocycles. The fraction of sp³-hybridized carbons (Fsp3) is 0.333. The van der Waals surface area contributed by atoms with Crippen molar-refractivity contribution in [2.24, 2.45) is 0 Å². The average Bonchev–Trinajstić information content (AvgIpc) is 2.17. The Morgan fingerprint density at radius 3 is 2.67 bits per heavy atom. The van der Waals surface area contributed by atoms with Crippen molar-refractivity contribution in [3.05, 3.63) is 35.4 Å². The number of benzene rings is 1. The molecule has 0 heterocycles. The van der Waals surface area contributed by atoms with Gasteiger partial charge in [0.25, 0.3) is 0 Å². The van der Waals surface area contributed by atoms with Gasteiger partial charge in [0.1, 0.15) is 0 Å². The van der Waals surface area contributed by atoms with Crippen molar-refractivity contribution in [3.63, 3.8) is 0 Å². The van der Waals surface area contributed by atoms with E-state index in [2.05, 4.69) is 0 Å². The minimum atomic E-state index is -0.355. The molecule has 1 aromatic carbocycles. The Morgan fingerprint density at radius 2 is 2.07 bits per heavy atom. The normalized spacial score (nSPS) is 9.73. The van der Waals surface area contributed by atoms with Crippen LogP contribution in [0.5, 0.6) is 0 Å². The Hall–Kier alpha value is -1.64. The van der Waals surface area contributed by atoms with Crippen LogP contribution in [0.25, 0.3) is 0 Å². The Labute approximate surface area is 89.1 Å². The summed E-state index contributed by atoms with van der Waals surface area (Å²) in [4.78, 5) is 22.1. The number of Topliss-reactive ketones (excluding diaryl/α,β-unsaturated/α-hetero) is 1. The first-order chi connectivity index (χ1) is 7.09. The highest BCUT2D eigenvalue weighted by Crippen LogP contribution is 2.06. The Kier molecular flexibility index (Phi) is 4.03. The van der Waals surface area contributed by atoms with E-state index in [0.29, 0.717) is 5.56 Å². The zero-order valence-corrected chi connectivity index (χ0v) is 8.95. The maximum absolute atomic E-state index is 11.6. The average molecular weight is 206 g/mol. The van der Waals surface area contributed by atoms with E-state index in [0.717, 1.165) is 5.56 Å². The van der Waals surface area contributed by atoms with E-state index in [4.69, 9.17) is 4.74 Å². The third-order valence-electron chi connectivity index (χ3n) is 1.97. The molecule has 0 aliphatic rings. The van der Waals surface area contributed by atoms with Gasteiger partial charge in [0.05, 0.1) is 6.61 Å². The zero-order valence-electron chi connectivity index (χ0n) is 8.95. The predicted molar refractivity (Wildman–Crippen MR) is 56.8 cm³/mol. The van der Waals surface area contributed by atoms with Gasteiger partial charge < -0.3 is 4.74 Å². The molecular formula is C12H14O3. The smallest absolute Gasteiger partial charge is 0.302 e. The number of carbonyl (C=O) groups excluding carboxylic acids is 2. The second kappa shape index (κ2) is 5.29. The molecule has 0 bridgehead atoms. The van der Waals surface area contributed by atoms with Crippen molar-refractivity contribution in [2.45, 2.75) is 20.3 Å². The molecule has 0 radical (unpaired) electrons. The third kappa shape index (κ3) is 3.94. The number of ether oxygens (including phenoxy) is 1. The lowest BCUT2D eigenvalue weighted by atomic mass is 10.1. The van der Waals surface area contributed by atoms with Crippen molar-refractivity contribution < 1.29 is 14.3 Å². The van der Waals surface area contributed by atoms with Crippen LogP contribution in [0.1, 0.15) is 29.3 Å². The van der Waals surface area contributed by atoms with Crippen molar-refractivity contribution in [1.29, 1.82) is 0 Å². The van der Waals surface area contributed by atoms with Crippen LogP contribution in [0, 0.1) is 6.92 Å². The van der Waals surface area contributed by atoms with Gasteiger partial charge in [-0.3, -0.25) is 9.59 Å². The molecule has 0 aromatic heterocycles. The van der Waals surface area contributed by atoms with Crippen molar-refractivity contribution in [2.75, 3.05) is 6.61 Å². The SMILES string of the molecule is CC(=O)OCCC(=O)c1cccc(C)c1. The summed E-state index contributed by atoms with van der Waals surface area (Å²) in [5, 5.41) is 0. The topological polar surface area (TPSA) is 43.4 Å². The fourth-order valence-corrected chi connectivity index (χ4v) is 1.25. The Morgan fingerprint density at radius 1 is 1.33 bits per heavy atom. The molecular weight excluding hydrogens is 192 g/mol. The maximum atomic E-state index is 11.6. The van der Waals surface area contributed by atoms with Crippen LogP contribution in [0.3, 0.4) is 0 Å². The van der Waals surface area contributed by atoms with E-state index >= 15 is 0 Å². The van der Waals surface area contributed by atoms with Gasteiger partial charge >= 0.3 is 5.97 Å². The molecule has 0 spiro atoms. The molecule has 0 amide bonds. The number of esters is 1. The first kappa shape index (κ1) is 11.4. The molecule has 0 atom stereocenters. The molecule has 0 unspecified atom stereocenters. The predicted octanol–water partition coefficient (Wildman–Crippen LogP) is 2.13. The van der Waals surface area contributed by atoms with E-state index in [-0.39, 0.29) is 24.8 Å². The second-order valence-corrected chi connectivity index (χ2v) is 3.38. The van der Waals surface area contributed by atoms with E-state index in [9.17, 15) is 9.59 Å². The molecule has 15 heavy (non-hydrogen) atoms. The zero-order chi connectivity index (χ0) is 11.3. The first-order valence-corrected chi connectivity index (χ1v) is 4.83. The lowest BCUT2D eigenvalue weighted by Crippen LogP contribution is -2.07.